The average molecular weight is 154 g/mol. The maximum Gasteiger partial charge on any atom is 0.0965 e. The second-order valence-electron chi connectivity index (χ2n) is 2.35. The van der Waals surface area contributed by atoms with Crippen molar-refractivity contribution in [1.82, 2.24) is 0 Å². The van der Waals surface area contributed by atoms with E-state index in [0.717, 1.165) is 12.0 Å². The molecule has 0 unspecified atom stereocenters. The van der Waals surface area contributed by atoms with Crippen LogP contribution in [0.15, 0.2) is 36.2 Å². The molecule has 0 N–H and O–H groups in total. The van der Waals surface area contributed by atoms with Crippen molar-refractivity contribution >= 4 is 0 Å². The van der Waals surface area contributed by atoms with Crippen LogP contribution in [0.2, 0.25) is 0 Å². The van der Waals surface area contributed by atoms with Gasteiger partial charge in [0.05, 0.1) is 5.83 Å². The van der Waals surface area contributed by atoms with Crippen molar-refractivity contribution in [2.24, 2.45) is 0 Å². The summed E-state index contributed by atoms with van der Waals surface area (Å²) in [4.78, 5) is 0. The van der Waals surface area contributed by atoms with Crippen molar-refractivity contribution in [2.45, 2.75) is 26.7 Å². The number of halogens is 1. The Hall–Kier alpha value is -0.850. The Bertz CT molecular complexity index is 175. The quantitative estimate of drug-likeness (QED) is 0.541. The predicted octanol–water partition coefficient (Wildman–Crippen LogP) is 3.77. The van der Waals surface area contributed by atoms with Gasteiger partial charge in [0.15, 0.2) is 0 Å². The molecule has 0 saturated heterocycles. The topological polar surface area (TPSA) is 0 Å². The average Bonchev–Trinajstić information content (AvgIpc) is 1.97. The van der Waals surface area contributed by atoms with E-state index in [4.69, 9.17) is 0 Å². The van der Waals surface area contributed by atoms with Gasteiger partial charge in [-0.3, -0.25) is 0 Å². The fourth-order valence-corrected chi connectivity index (χ4v) is 0.786. The van der Waals surface area contributed by atoms with Crippen LogP contribution in [0, 0.1) is 0 Å². The summed E-state index contributed by atoms with van der Waals surface area (Å²) >= 11 is 0. The summed E-state index contributed by atoms with van der Waals surface area (Å²) in [6.45, 7) is 7.19. The van der Waals surface area contributed by atoms with Crippen LogP contribution in [0.3, 0.4) is 0 Å². The van der Waals surface area contributed by atoms with Gasteiger partial charge in [-0.05, 0) is 13.3 Å². The van der Waals surface area contributed by atoms with E-state index >= 15 is 0 Å². The van der Waals surface area contributed by atoms with E-state index in [1.165, 1.54) is 0 Å². The highest BCUT2D eigenvalue weighted by molar-refractivity contribution is 5.18. The van der Waals surface area contributed by atoms with Crippen molar-refractivity contribution < 1.29 is 4.39 Å². The Morgan fingerprint density at radius 2 is 2.18 bits per heavy atom. The molecule has 11 heavy (non-hydrogen) atoms. The predicted molar refractivity (Wildman–Crippen MR) is 48.1 cm³/mol. The van der Waals surface area contributed by atoms with Gasteiger partial charge in [-0.15, -0.1) is 0 Å². The Labute approximate surface area is 68.1 Å². The molecule has 0 rings (SSSR count). The summed E-state index contributed by atoms with van der Waals surface area (Å²) in [6, 6.07) is 0. The molecule has 0 aromatic rings. The van der Waals surface area contributed by atoms with Gasteiger partial charge in [0.1, 0.15) is 0 Å². The Kier molecular flexibility index (Phi) is 5.44. The first kappa shape index (κ1) is 10.2. The molecule has 0 aliphatic heterocycles. The third-order valence-electron chi connectivity index (χ3n) is 1.37. The molecule has 0 aliphatic rings. The van der Waals surface area contributed by atoms with E-state index in [1.807, 2.05) is 32.1 Å². The van der Waals surface area contributed by atoms with Crippen molar-refractivity contribution in [3.8, 4) is 0 Å². The van der Waals surface area contributed by atoms with Crippen LogP contribution in [0.5, 0.6) is 0 Å². The Morgan fingerprint density at radius 1 is 1.55 bits per heavy atom. The van der Waals surface area contributed by atoms with Crippen LogP contribution in [-0.4, -0.2) is 0 Å². The standard InChI is InChI=1S/C10H15F/c1-4-6-10(5-2)8-7-9(3)11/h4,6,8H,3,5,7H2,1-2H3/b6-4+,10-8+. The summed E-state index contributed by atoms with van der Waals surface area (Å²) in [6.07, 6.45) is 7.09. The molecule has 0 saturated carbocycles. The third kappa shape index (κ3) is 5.59. The van der Waals surface area contributed by atoms with E-state index in [1.54, 1.807) is 0 Å². The number of hydrogen-bond acceptors (Lipinski definition) is 0. The summed E-state index contributed by atoms with van der Waals surface area (Å²) < 4.78 is 12.2. The molecule has 0 heterocycles. The molecule has 1 heteroatoms. The molecule has 0 atom stereocenters. The molecule has 0 bridgehead atoms. The summed E-state index contributed by atoms with van der Waals surface area (Å²) in [7, 11) is 0. The highest BCUT2D eigenvalue weighted by Crippen LogP contribution is 2.08. The lowest BCUT2D eigenvalue weighted by Crippen LogP contribution is -1.75. The maximum atomic E-state index is 12.2. The van der Waals surface area contributed by atoms with Gasteiger partial charge < -0.3 is 0 Å². The minimum atomic E-state index is -0.277. The second-order valence-corrected chi connectivity index (χ2v) is 2.35. The van der Waals surface area contributed by atoms with Gasteiger partial charge in [0.25, 0.3) is 0 Å². The van der Waals surface area contributed by atoms with Crippen molar-refractivity contribution in [2.75, 3.05) is 0 Å². The van der Waals surface area contributed by atoms with Gasteiger partial charge in [-0.2, -0.15) is 0 Å². The van der Waals surface area contributed by atoms with Crippen LogP contribution < -0.4 is 0 Å². The summed E-state index contributed by atoms with van der Waals surface area (Å²) in [5.74, 6) is -0.277. The van der Waals surface area contributed by atoms with Crippen LogP contribution in [0.25, 0.3) is 0 Å². The molecule has 0 aromatic carbocycles. The van der Waals surface area contributed by atoms with Gasteiger partial charge in [0, 0.05) is 6.42 Å². The highest BCUT2D eigenvalue weighted by atomic mass is 19.1. The SMILES string of the molecule is C=C(F)C/C=C(/C=C/C)CC. The third-order valence-corrected chi connectivity index (χ3v) is 1.37. The lowest BCUT2D eigenvalue weighted by atomic mass is 10.1. The summed E-state index contributed by atoms with van der Waals surface area (Å²) in [5.41, 5.74) is 1.16. The molecule has 62 valence electrons. The largest absolute Gasteiger partial charge is 0.212 e. The minimum absolute atomic E-state index is 0.277. The van der Waals surface area contributed by atoms with E-state index in [2.05, 4.69) is 6.58 Å². The molecular weight excluding hydrogens is 139 g/mol. The van der Waals surface area contributed by atoms with E-state index < -0.39 is 0 Å². The number of allylic oxidation sites excluding steroid dienone is 5. The van der Waals surface area contributed by atoms with Gasteiger partial charge >= 0.3 is 0 Å². The zero-order valence-corrected chi connectivity index (χ0v) is 7.23. The zero-order chi connectivity index (χ0) is 8.69. The molecule has 0 aromatic heterocycles. The van der Waals surface area contributed by atoms with Gasteiger partial charge in [0.2, 0.25) is 0 Å². The lowest BCUT2D eigenvalue weighted by molar-refractivity contribution is 0.621. The normalized spacial score (nSPS) is 12.5. The van der Waals surface area contributed by atoms with Crippen molar-refractivity contribution in [1.29, 1.82) is 0 Å². The van der Waals surface area contributed by atoms with Crippen LogP contribution in [0.4, 0.5) is 4.39 Å². The first-order chi connectivity index (χ1) is 5.20. The first-order valence-electron chi connectivity index (χ1n) is 3.85. The molecular formula is C10H15F. The molecule has 0 nitrogen and oxygen atoms in total. The lowest BCUT2D eigenvalue weighted by Gasteiger charge is -1.94. The molecule has 0 fully saturated rings. The zero-order valence-electron chi connectivity index (χ0n) is 7.23. The fourth-order valence-electron chi connectivity index (χ4n) is 0.786. The van der Waals surface area contributed by atoms with E-state index in [9.17, 15) is 4.39 Å². The molecule has 0 aliphatic carbocycles. The summed E-state index contributed by atoms with van der Waals surface area (Å²) in [5, 5.41) is 0. The molecule has 0 amide bonds. The van der Waals surface area contributed by atoms with Gasteiger partial charge in [-0.1, -0.05) is 37.3 Å². The smallest absolute Gasteiger partial charge is 0.0965 e. The maximum absolute atomic E-state index is 12.2. The van der Waals surface area contributed by atoms with Crippen molar-refractivity contribution in [3.05, 3.63) is 36.2 Å². The second kappa shape index (κ2) is 5.90. The number of hydrogen-bond donors (Lipinski definition) is 0. The Morgan fingerprint density at radius 3 is 2.55 bits per heavy atom. The number of rotatable bonds is 4. The minimum Gasteiger partial charge on any atom is -0.212 e. The van der Waals surface area contributed by atoms with Crippen LogP contribution >= 0.6 is 0 Å². The van der Waals surface area contributed by atoms with E-state index in [-0.39, 0.29) is 5.83 Å². The monoisotopic (exact) mass is 154 g/mol. The highest BCUT2D eigenvalue weighted by Gasteiger charge is 1.88. The Balaban J connectivity index is 4.01. The van der Waals surface area contributed by atoms with E-state index in [0.29, 0.717) is 6.42 Å². The fraction of sp³-hybridized carbons (Fsp3) is 0.400. The molecule has 0 spiro atoms. The van der Waals surface area contributed by atoms with Crippen LogP contribution in [0.1, 0.15) is 26.7 Å². The van der Waals surface area contributed by atoms with Crippen LogP contribution in [-0.2, 0) is 0 Å². The van der Waals surface area contributed by atoms with Crippen molar-refractivity contribution in [3.63, 3.8) is 0 Å². The molecule has 0 radical (unpaired) electrons. The first-order valence-corrected chi connectivity index (χ1v) is 3.85. The van der Waals surface area contributed by atoms with Gasteiger partial charge in [-0.25, -0.2) is 4.39 Å².